The number of imide groups is 1. The number of benzene rings is 3. The third kappa shape index (κ3) is 3.90. The quantitative estimate of drug-likeness (QED) is 0.500. The standard InChI is InChI=1S/C27H23FN2O4/c1-33-21-10-12-22(13-11-21)34-17-16-30-26(31)24(19-6-8-20(28)9-7-19)25(27(30)32)29-15-14-18-4-2-3-5-23(18)29/h2-13H,14-17H2,1H3. The van der Waals surface area contributed by atoms with Crippen molar-refractivity contribution < 1.29 is 23.5 Å². The van der Waals surface area contributed by atoms with Crippen LogP contribution in [0.25, 0.3) is 5.57 Å². The minimum atomic E-state index is -0.408. The van der Waals surface area contributed by atoms with E-state index in [9.17, 15) is 14.0 Å². The number of para-hydroxylation sites is 1. The topological polar surface area (TPSA) is 59.1 Å². The maximum atomic E-state index is 13.6. The molecule has 2 amide bonds. The minimum absolute atomic E-state index is 0.0907. The van der Waals surface area contributed by atoms with E-state index in [0.717, 1.165) is 17.7 Å². The van der Waals surface area contributed by atoms with Gasteiger partial charge < -0.3 is 14.4 Å². The van der Waals surface area contributed by atoms with Crippen LogP contribution in [0.4, 0.5) is 10.1 Å². The Balaban J connectivity index is 1.42. The number of carbonyl (C=O) groups is 2. The Labute approximate surface area is 196 Å². The van der Waals surface area contributed by atoms with Gasteiger partial charge in [0.1, 0.15) is 29.6 Å². The summed E-state index contributed by atoms with van der Waals surface area (Å²) < 4.78 is 24.5. The summed E-state index contributed by atoms with van der Waals surface area (Å²) in [7, 11) is 1.59. The summed E-state index contributed by atoms with van der Waals surface area (Å²) in [5, 5.41) is 0. The number of amides is 2. The Kier molecular flexibility index (Phi) is 5.76. The molecule has 7 heteroatoms. The van der Waals surface area contributed by atoms with Gasteiger partial charge in [0.15, 0.2) is 0 Å². The molecule has 0 bridgehead atoms. The average molecular weight is 458 g/mol. The van der Waals surface area contributed by atoms with Gasteiger partial charge >= 0.3 is 0 Å². The highest BCUT2D eigenvalue weighted by atomic mass is 19.1. The summed E-state index contributed by atoms with van der Waals surface area (Å²) in [6, 6.07) is 20.6. The number of hydrogen-bond donors (Lipinski definition) is 0. The number of hydrogen-bond acceptors (Lipinski definition) is 5. The lowest BCUT2D eigenvalue weighted by Gasteiger charge is -2.22. The molecule has 0 N–H and O–H groups in total. The summed E-state index contributed by atoms with van der Waals surface area (Å²) in [4.78, 5) is 30.1. The number of halogens is 1. The highest BCUT2D eigenvalue weighted by Crippen LogP contribution is 2.38. The van der Waals surface area contributed by atoms with Crippen molar-refractivity contribution in [3.8, 4) is 11.5 Å². The number of nitrogens with zero attached hydrogens (tertiary/aromatic N) is 2. The van der Waals surface area contributed by atoms with E-state index in [1.165, 1.54) is 29.2 Å². The molecule has 2 aliphatic rings. The molecule has 3 aromatic carbocycles. The van der Waals surface area contributed by atoms with Crippen molar-refractivity contribution in [2.75, 3.05) is 31.7 Å². The number of fused-ring (bicyclic) bond motifs is 1. The number of carbonyl (C=O) groups excluding carboxylic acids is 2. The lowest BCUT2D eigenvalue weighted by molar-refractivity contribution is -0.137. The van der Waals surface area contributed by atoms with E-state index in [1.807, 2.05) is 29.2 Å². The van der Waals surface area contributed by atoms with Crippen LogP contribution < -0.4 is 14.4 Å². The fraction of sp³-hybridized carbons (Fsp3) is 0.185. The van der Waals surface area contributed by atoms with E-state index in [0.29, 0.717) is 29.3 Å². The molecule has 3 aromatic rings. The highest BCUT2D eigenvalue weighted by Gasteiger charge is 2.43. The van der Waals surface area contributed by atoms with Crippen molar-refractivity contribution in [2.24, 2.45) is 0 Å². The van der Waals surface area contributed by atoms with Gasteiger partial charge in [-0.3, -0.25) is 14.5 Å². The van der Waals surface area contributed by atoms with Crippen LogP contribution in [0.3, 0.4) is 0 Å². The Bertz CT molecular complexity index is 1270. The van der Waals surface area contributed by atoms with Crippen LogP contribution in [0.1, 0.15) is 11.1 Å². The molecule has 0 spiro atoms. The minimum Gasteiger partial charge on any atom is -0.497 e. The molecule has 0 saturated heterocycles. The molecule has 0 aromatic heterocycles. The molecule has 6 nitrogen and oxygen atoms in total. The first-order valence-corrected chi connectivity index (χ1v) is 11.1. The second-order valence-electron chi connectivity index (χ2n) is 8.05. The van der Waals surface area contributed by atoms with E-state index in [1.54, 1.807) is 31.4 Å². The van der Waals surface area contributed by atoms with Crippen LogP contribution in [0, 0.1) is 5.82 Å². The Morgan fingerprint density at radius 3 is 2.32 bits per heavy atom. The fourth-order valence-electron chi connectivity index (χ4n) is 4.39. The van der Waals surface area contributed by atoms with Crippen molar-refractivity contribution in [1.29, 1.82) is 0 Å². The Morgan fingerprint density at radius 2 is 1.59 bits per heavy atom. The van der Waals surface area contributed by atoms with E-state index in [4.69, 9.17) is 9.47 Å². The van der Waals surface area contributed by atoms with E-state index in [2.05, 4.69) is 0 Å². The fourth-order valence-corrected chi connectivity index (χ4v) is 4.39. The molecule has 0 unspecified atom stereocenters. The molecule has 172 valence electrons. The Morgan fingerprint density at radius 1 is 0.882 bits per heavy atom. The van der Waals surface area contributed by atoms with Crippen LogP contribution in [-0.4, -0.2) is 43.5 Å². The number of rotatable bonds is 7. The summed E-state index contributed by atoms with van der Waals surface area (Å²) >= 11 is 0. The van der Waals surface area contributed by atoms with Crippen molar-refractivity contribution in [1.82, 2.24) is 4.90 Å². The maximum absolute atomic E-state index is 13.6. The zero-order valence-electron chi connectivity index (χ0n) is 18.7. The monoisotopic (exact) mass is 458 g/mol. The molecule has 0 fully saturated rings. The van der Waals surface area contributed by atoms with E-state index in [-0.39, 0.29) is 24.6 Å². The van der Waals surface area contributed by atoms with Crippen molar-refractivity contribution in [2.45, 2.75) is 6.42 Å². The van der Waals surface area contributed by atoms with Gasteiger partial charge in [-0.1, -0.05) is 30.3 Å². The molecule has 34 heavy (non-hydrogen) atoms. The SMILES string of the molecule is COc1ccc(OCCN2C(=O)C(c3ccc(F)cc3)=C(N3CCc4ccccc43)C2=O)cc1. The molecule has 2 aliphatic heterocycles. The van der Waals surface area contributed by atoms with E-state index >= 15 is 0 Å². The van der Waals surface area contributed by atoms with Crippen LogP contribution in [0.5, 0.6) is 11.5 Å². The first-order valence-electron chi connectivity index (χ1n) is 11.1. The van der Waals surface area contributed by atoms with E-state index < -0.39 is 11.7 Å². The summed E-state index contributed by atoms with van der Waals surface area (Å²) in [5.41, 5.74) is 3.15. The zero-order valence-corrected chi connectivity index (χ0v) is 18.7. The zero-order chi connectivity index (χ0) is 23.7. The van der Waals surface area contributed by atoms with Gasteiger partial charge in [-0.25, -0.2) is 4.39 Å². The van der Waals surface area contributed by atoms with Gasteiger partial charge in [0, 0.05) is 12.2 Å². The van der Waals surface area contributed by atoms with Gasteiger partial charge in [0.25, 0.3) is 11.8 Å². The molecular weight excluding hydrogens is 435 g/mol. The number of ether oxygens (including phenoxy) is 2. The molecular formula is C27H23FN2O4. The average Bonchev–Trinajstić information content (AvgIpc) is 3.39. The number of methoxy groups -OCH3 is 1. The smallest absolute Gasteiger partial charge is 0.278 e. The molecule has 0 aliphatic carbocycles. The highest BCUT2D eigenvalue weighted by molar-refractivity contribution is 6.36. The van der Waals surface area contributed by atoms with Crippen LogP contribution in [-0.2, 0) is 16.0 Å². The van der Waals surface area contributed by atoms with Gasteiger partial charge in [-0.15, -0.1) is 0 Å². The molecule has 0 radical (unpaired) electrons. The number of anilines is 1. The van der Waals surface area contributed by atoms with Crippen LogP contribution >= 0.6 is 0 Å². The first kappa shape index (κ1) is 21.7. The van der Waals surface area contributed by atoms with Crippen LogP contribution in [0.2, 0.25) is 0 Å². The van der Waals surface area contributed by atoms with Gasteiger partial charge in [0.2, 0.25) is 0 Å². The largest absolute Gasteiger partial charge is 0.497 e. The van der Waals surface area contributed by atoms with Crippen molar-refractivity contribution >= 4 is 23.1 Å². The Hall–Kier alpha value is -4.13. The summed E-state index contributed by atoms with van der Waals surface area (Å²) in [6.07, 6.45) is 0.776. The van der Waals surface area contributed by atoms with Gasteiger partial charge in [0.05, 0.1) is 19.2 Å². The summed E-state index contributed by atoms with van der Waals surface area (Å²) in [5.74, 6) is 0.133. The maximum Gasteiger partial charge on any atom is 0.278 e. The predicted molar refractivity (Wildman–Crippen MR) is 126 cm³/mol. The van der Waals surface area contributed by atoms with Gasteiger partial charge in [-0.05, 0) is 60.0 Å². The first-order chi connectivity index (χ1) is 16.6. The van der Waals surface area contributed by atoms with Crippen molar-refractivity contribution in [3.63, 3.8) is 0 Å². The molecule has 2 heterocycles. The molecule has 0 saturated carbocycles. The second-order valence-corrected chi connectivity index (χ2v) is 8.05. The van der Waals surface area contributed by atoms with Crippen LogP contribution in [0.15, 0.2) is 78.5 Å². The van der Waals surface area contributed by atoms with Crippen molar-refractivity contribution in [3.05, 3.63) is 95.4 Å². The third-order valence-electron chi connectivity index (χ3n) is 6.08. The normalized spacial score (nSPS) is 15.2. The lowest BCUT2D eigenvalue weighted by atomic mass is 10.0. The lowest BCUT2D eigenvalue weighted by Crippen LogP contribution is -2.37. The molecule has 5 rings (SSSR count). The molecule has 0 atom stereocenters. The predicted octanol–water partition coefficient (Wildman–Crippen LogP) is 4.06. The third-order valence-corrected chi connectivity index (χ3v) is 6.08. The van der Waals surface area contributed by atoms with Gasteiger partial charge in [-0.2, -0.15) is 0 Å². The summed E-state index contributed by atoms with van der Waals surface area (Å²) in [6.45, 7) is 0.826. The second kappa shape index (κ2) is 9.02.